The average Bonchev–Trinajstić information content (AvgIpc) is 2.87. The first-order chi connectivity index (χ1) is 8.98. The molecule has 19 heavy (non-hydrogen) atoms. The SMILES string of the molecule is COC1CCN(S(=O)(=O)c2ccc(CO)cc2F)C1. The molecule has 0 radical (unpaired) electrons. The van der Waals surface area contributed by atoms with Crippen LogP contribution in [0.3, 0.4) is 0 Å². The molecule has 1 aromatic carbocycles. The molecule has 0 bridgehead atoms. The van der Waals surface area contributed by atoms with Gasteiger partial charge in [-0.05, 0) is 24.1 Å². The van der Waals surface area contributed by atoms with Crippen LogP contribution in [0.4, 0.5) is 4.39 Å². The summed E-state index contributed by atoms with van der Waals surface area (Å²) in [6.45, 7) is 0.231. The van der Waals surface area contributed by atoms with Crippen molar-refractivity contribution in [3.8, 4) is 0 Å². The summed E-state index contributed by atoms with van der Waals surface area (Å²) in [5.74, 6) is -0.840. The highest BCUT2D eigenvalue weighted by Crippen LogP contribution is 2.24. The second-order valence-corrected chi connectivity index (χ2v) is 6.34. The molecule has 0 aromatic heterocycles. The third kappa shape index (κ3) is 2.79. The van der Waals surface area contributed by atoms with Crippen LogP contribution in [0, 0.1) is 5.82 Å². The second kappa shape index (κ2) is 5.54. The zero-order valence-corrected chi connectivity index (χ0v) is 11.4. The predicted octanol–water partition coefficient (Wildman–Crippen LogP) is 0.727. The number of methoxy groups -OCH3 is 1. The molecule has 7 heteroatoms. The van der Waals surface area contributed by atoms with Gasteiger partial charge in [-0.25, -0.2) is 12.8 Å². The number of benzene rings is 1. The van der Waals surface area contributed by atoms with Crippen molar-refractivity contribution < 1.29 is 22.7 Å². The molecule has 1 aliphatic heterocycles. The minimum absolute atomic E-state index is 0.144. The largest absolute Gasteiger partial charge is 0.392 e. The lowest BCUT2D eigenvalue weighted by molar-refractivity contribution is 0.115. The number of sulfonamides is 1. The van der Waals surface area contributed by atoms with Crippen LogP contribution in [0.1, 0.15) is 12.0 Å². The number of hydrogen-bond acceptors (Lipinski definition) is 4. The lowest BCUT2D eigenvalue weighted by Gasteiger charge is -2.17. The van der Waals surface area contributed by atoms with Gasteiger partial charge >= 0.3 is 0 Å². The summed E-state index contributed by atoms with van der Waals surface area (Å²) in [6, 6.07) is 3.63. The van der Waals surface area contributed by atoms with Gasteiger partial charge in [-0.2, -0.15) is 4.31 Å². The molecular formula is C12H16FNO4S. The zero-order chi connectivity index (χ0) is 14.0. The van der Waals surface area contributed by atoms with E-state index < -0.39 is 15.8 Å². The van der Waals surface area contributed by atoms with Crippen LogP contribution >= 0.6 is 0 Å². The van der Waals surface area contributed by atoms with Crippen molar-refractivity contribution in [2.75, 3.05) is 20.2 Å². The first-order valence-corrected chi connectivity index (χ1v) is 7.35. The second-order valence-electron chi connectivity index (χ2n) is 4.43. The highest BCUT2D eigenvalue weighted by Gasteiger charge is 2.34. The van der Waals surface area contributed by atoms with Gasteiger partial charge in [0.1, 0.15) is 10.7 Å². The van der Waals surface area contributed by atoms with E-state index >= 15 is 0 Å². The van der Waals surface area contributed by atoms with Gasteiger partial charge in [0.25, 0.3) is 0 Å². The van der Waals surface area contributed by atoms with Crippen LogP contribution in [0.25, 0.3) is 0 Å². The molecule has 0 spiro atoms. The van der Waals surface area contributed by atoms with E-state index in [1.807, 2.05) is 0 Å². The summed E-state index contributed by atoms with van der Waals surface area (Å²) < 4.78 is 44.7. The molecule has 1 aromatic rings. The highest BCUT2D eigenvalue weighted by atomic mass is 32.2. The third-order valence-corrected chi connectivity index (χ3v) is 5.14. The molecule has 106 valence electrons. The number of halogens is 1. The Balaban J connectivity index is 2.30. The Morgan fingerprint density at radius 2 is 2.26 bits per heavy atom. The van der Waals surface area contributed by atoms with E-state index in [0.717, 1.165) is 6.07 Å². The maximum absolute atomic E-state index is 13.8. The van der Waals surface area contributed by atoms with Gasteiger partial charge in [0, 0.05) is 20.2 Å². The molecule has 1 fully saturated rings. The minimum Gasteiger partial charge on any atom is -0.392 e. The number of rotatable bonds is 4. The molecule has 0 amide bonds. The Hall–Kier alpha value is -1.02. The van der Waals surface area contributed by atoms with E-state index in [4.69, 9.17) is 9.84 Å². The van der Waals surface area contributed by atoms with E-state index in [9.17, 15) is 12.8 Å². The fraction of sp³-hybridized carbons (Fsp3) is 0.500. The number of nitrogens with zero attached hydrogens (tertiary/aromatic N) is 1. The zero-order valence-electron chi connectivity index (χ0n) is 10.5. The Kier molecular flexibility index (Phi) is 4.19. The number of aliphatic hydroxyl groups is 1. The van der Waals surface area contributed by atoms with Crippen LogP contribution in [-0.2, 0) is 21.4 Å². The summed E-state index contributed by atoms with van der Waals surface area (Å²) >= 11 is 0. The van der Waals surface area contributed by atoms with Crippen LogP contribution in [-0.4, -0.2) is 44.1 Å². The summed E-state index contributed by atoms with van der Waals surface area (Å²) in [7, 11) is -2.32. The molecule has 1 atom stereocenters. The molecule has 5 nitrogen and oxygen atoms in total. The lowest BCUT2D eigenvalue weighted by atomic mass is 10.2. The van der Waals surface area contributed by atoms with Crippen molar-refractivity contribution in [3.63, 3.8) is 0 Å². The Morgan fingerprint density at radius 1 is 1.53 bits per heavy atom. The third-order valence-electron chi connectivity index (χ3n) is 3.24. The van der Waals surface area contributed by atoms with E-state index in [-0.39, 0.29) is 24.2 Å². The fourth-order valence-corrected chi connectivity index (χ4v) is 3.63. The van der Waals surface area contributed by atoms with Gasteiger partial charge in [0.2, 0.25) is 10.0 Å². The monoisotopic (exact) mass is 289 g/mol. The minimum atomic E-state index is -3.84. The summed E-state index contributed by atoms with van der Waals surface area (Å²) in [6.07, 6.45) is 0.459. The standard InChI is InChI=1S/C12H16FNO4S/c1-18-10-4-5-14(7-10)19(16,17)12-3-2-9(8-15)6-11(12)13/h2-3,6,10,15H,4-5,7-8H2,1H3. The van der Waals surface area contributed by atoms with E-state index in [2.05, 4.69) is 0 Å². The molecule has 0 aliphatic carbocycles. The maximum Gasteiger partial charge on any atom is 0.246 e. The quantitative estimate of drug-likeness (QED) is 0.887. The van der Waals surface area contributed by atoms with Gasteiger partial charge in [0.15, 0.2) is 0 Å². The smallest absolute Gasteiger partial charge is 0.246 e. The van der Waals surface area contributed by atoms with Crippen molar-refractivity contribution in [3.05, 3.63) is 29.6 Å². The maximum atomic E-state index is 13.8. The van der Waals surface area contributed by atoms with Gasteiger partial charge in [0.05, 0.1) is 12.7 Å². The Bertz CT molecular complexity index is 561. The lowest BCUT2D eigenvalue weighted by Crippen LogP contribution is -2.30. The predicted molar refractivity (Wildman–Crippen MR) is 66.5 cm³/mol. The van der Waals surface area contributed by atoms with E-state index in [1.54, 1.807) is 0 Å². The average molecular weight is 289 g/mol. The number of ether oxygens (including phenoxy) is 1. The van der Waals surface area contributed by atoms with Crippen molar-refractivity contribution >= 4 is 10.0 Å². The van der Waals surface area contributed by atoms with Crippen molar-refractivity contribution in [2.45, 2.75) is 24.0 Å². The van der Waals surface area contributed by atoms with Crippen LogP contribution < -0.4 is 0 Å². The fourth-order valence-electron chi connectivity index (χ4n) is 2.10. The van der Waals surface area contributed by atoms with E-state index in [0.29, 0.717) is 18.5 Å². The molecule has 1 saturated heterocycles. The first kappa shape index (κ1) is 14.4. The normalized spacial score (nSPS) is 20.9. The van der Waals surface area contributed by atoms with Crippen LogP contribution in [0.15, 0.2) is 23.1 Å². The first-order valence-electron chi connectivity index (χ1n) is 5.91. The number of hydrogen-bond donors (Lipinski definition) is 1. The Morgan fingerprint density at radius 3 is 2.79 bits per heavy atom. The van der Waals surface area contributed by atoms with Crippen molar-refractivity contribution in [2.24, 2.45) is 0 Å². The van der Waals surface area contributed by atoms with Gasteiger partial charge in [-0.15, -0.1) is 0 Å². The summed E-state index contributed by atoms with van der Waals surface area (Å²) in [5, 5.41) is 8.89. The molecule has 1 N–H and O–H groups in total. The van der Waals surface area contributed by atoms with Crippen molar-refractivity contribution in [1.82, 2.24) is 4.31 Å². The van der Waals surface area contributed by atoms with Crippen LogP contribution in [0.5, 0.6) is 0 Å². The Labute approximate surface area is 111 Å². The number of aliphatic hydroxyl groups excluding tert-OH is 1. The van der Waals surface area contributed by atoms with Crippen molar-refractivity contribution in [1.29, 1.82) is 0 Å². The summed E-state index contributed by atoms with van der Waals surface area (Å²) in [4.78, 5) is -0.360. The molecule has 1 heterocycles. The van der Waals surface area contributed by atoms with Crippen LogP contribution in [0.2, 0.25) is 0 Å². The molecular weight excluding hydrogens is 273 g/mol. The molecule has 1 unspecified atom stereocenters. The molecule has 0 saturated carbocycles. The van der Waals surface area contributed by atoms with Gasteiger partial charge in [-0.3, -0.25) is 0 Å². The van der Waals surface area contributed by atoms with Gasteiger partial charge in [-0.1, -0.05) is 6.07 Å². The highest BCUT2D eigenvalue weighted by molar-refractivity contribution is 7.89. The van der Waals surface area contributed by atoms with E-state index in [1.165, 1.54) is 23.5 Å². The van der Waals surface area contributed by atoms with Gasteiger partial charge < -0.3 is 9.84 Å². The topological polar surface area (TPSA) is 66.8 Å². The molecule has 1 aliphatic rings. The summed E-state index contributed by atoms with van der Waals surface area (Å²) in [5.41, 5.74) is 0.340. The molecule has 2 rings (SSSR count).